The first kappa shape index (κ1) is 17.2. The molecule has 3 rings (SSSR count). The third-order valence-electron chi connectivity index (χ3n) is 3.38. The predicted molar refractivity (Wildman–Crippen MR) is 88.9 cm³/mol. The second-order valence-corrected chi connectivity index (χ2v) is 5.53. The number of rotatable bonds is 3. The summed E-state index contributed by atoms with van der Waals surface area (Å²) in [5.41, 5.74) is 2.47. The Morgan fingerprint density at radius 2 is 2.00 bits per heavy atom. The van der Waals surface area contributed by atoms with Gasteiger partial charge in [0.25, 0.3) is 5.82 Å². The van der Waals surface area contributed by atoms with Gasteiger partial charge in [0.1, 0.15) is 12.4 Å². The summed E-state index contributed by atoms with van der Waals surface area (Å²) in [7, 11) is 2.01. The fourth-order valence-corrected chi connectivity index (χ4v) is 2.43. The van der Waals surface area contributed by atoms with Crippen molar-refractivity contribution in [1.82, 2.24) is 14.8 Å². The SMILES string of the molecule is CC(C)c1ccccc1-c1n(-c2nnco2)cc[n+]1C.CSF. The minimum absolute atomic E-state index is 0.250. The minimum atomic E-state index is 0.250. The third kappa shape index (κ3) is 3.79. The van der Waals surface area contributed by atoms with Crippen molar-refractivity contribution in [2.75, 3.05) is 6.26 Å². The van der Waals surface area contributed by atoms with E-state index in [4.69, 9.17) is 4.42 Å². The highest BCUT2D eigenvalue weighted by Crippen LogP contribution is 2.28. The number of hydrogen-bond acceptors (Lipinski definition) is 4. The maximum absolute atomic E-state index is 10.2. The Morgan fingerprint density at radius 1 is 1.30 bits per heavy atom. The van der Waals surface area contributed by atoms with E-state index in [0.29, 0.717) is 11.9 Å². The average molecular weight is 335 g/mol. The van der Waals surface area contributed by atoms with E-state index in [1.54, 1.807) is 0 Å². The highest BCUT2D eigenvalue weighted by molar-refractivity contribution is 7.93. The fraction of sp³-hybridized carbons (Fsp3) is 0.312. The summed E-state index contributed by atoms with van der Waals surface area (Å²) in [6.07, 6.45) is 6.63. The van der Waals surface area contributed by atoms with Crippen LogP contribution in [0, 0.1) is 0 Å². The van der Waals surface area contributed by atoms with Crippen LogP contribution in [-0.4, -0.2) is 21.0 Å². The van der Waals surface area contributed by atoms with E-state index < -0.39 is 0 Å². The van der Waals surface area contributed by atoms with Crippen molar-refractivity contribution in [3.05, 3.63) is 48.6 Å². The fourth-order valence-electron chi connectivity index (χ4n) is 2.43. The molecular formula is C16H20FN4OS+. The van der Waals surface area contributed by atoms with E-state index in [9.17, 15) is 3.89 Å². The second kappa shape index (κ2) is 7.92. The summed E-state index contributed by atoms with van der Waals surface area (Å²) < 4.78 is 19.5. The Hall–Kier alpha value is -2.15. The summed E-state index contributed by atoms with van der Waals surface area (Å²) in [5, 5.41) is 7.75. The first-order valence-corrected chi connectivity index (χ1v) is 8.30. The molecule has 2 aromatic heterocycles. The van der Waals surface area contributed by atoms with Crippen LogP contribution in [0.5, 0.6) is 0 Å². The molecule has 5 nitrogen and oxygen atoms in total. The van der Waals surface area contributed by atoms with Gasteiger partial charge in [-0.15, -0.1) is 9.67 Å². The predicted octanol–water partition coefficient (Wildman–Crippen LogP) is 3.71. The van der Waals surface area contributed by atoms with Crippen LogP contribution in [0.4, 0.5) is 3.89 Å². The van der Waals surface area contributed by atoms with Crippen molar-refractivity contribution in [2.45, 2.75) is 19.8 Å². The Kier molecular flexibility index (Phi) is 5.92. The third-order valence-corrected chi connectivity index (χ3v) is 3.38. The van der Waals surface area contributed by atoms with Crippen LogP contribution in [0.2, 0.25) is 0 Å². The van der Waals surface area contributed by atoms with E-state index in [2.05, 4.69) is 46.8 Å². The quantitative estimate of drug-likeness (QED) is 0.685. The molecule has 0 aliphatic heterocycles. The lowest BCUT2D eigenvalue weighted by Gasteiger charge is -2.10. The van der Waals surface area contributed by atoms with Crippen molar-refractivity contribution in [3.8, 4) is 17.4 Å². The maximum atomic E-state index is 10.2. The summed E-state index contributed by atoms with van der Waals surface area (Å²) in [4.78, 5) is 0. The molecule has 7 heteroatoms. The topological polar surface area (TPSA) is 47.7 Å². The van der Waals surface area contributed by atoms with E-state index in [1.807, 2.05) is 30.1 Å². The molecule has 1 aromatic carbocycles. The molecule has 0 unspecified atom stereocenters. The van der Waals surface area contributed by atoms with Crippen molar-refractivity contribution >= 4 is 12.1 Å². The van der Waals surface area contributed by atoms with E-state index in [-0.39, 0.29) is 12.1 Å². The highest BCUT2D eigenvalue weighted by atomic mass is 32.2. The molecule has 0 spiro atoms. The molecule has 2 heterocycles. The molecule has 122 valence electrons. The smallest absolute Gasteiger partial charge is 0.393 e. The number of aryl methyl sites for hydroxylation is 1. The van der Waals surface area contributed by atoms with Crippen molar-refractivity contribution in [1.29, 1.82) is 0 Å². The van der Waals surface area contributed by atoms with E-state index in [0.717, 1.165) is 5.82 Å². The molecule has 3 aromatic rings. The van der Waals surface area contributed by atoms with Crippen LogP contribution in [0.3, 0.4) is 0 Å². The molecular weight excluding hydrogens is 315 g/mol. The van der Waals surface area contributed by atoms with Crippen molar-refractivity contribution in [2.24, 2.45) is 7.05 Å². The molecule has 0 radical (unpaired) electrons. The van der Waals surface area contributed by atoms with Crippen LogP contribution in [0.15, 0.2) is 47.5 Å². The summed E-state index contributed by atoms with van der Waals surface area (Å²) >= 11 is 0.250. The van der Waals surface area contributed by atoms with Crippen LogP contribution >= 0.6 is 12.1 Å². The largest absolute Gasteiger partial charge is 0.421 e. The zero-order chi connectivity index (χ0) is 16.8. The number of benzene rings is 1. The van der Waals surface area contributed by atoms with E-state index in [1.165, 1.54) is 23.8 Å². The number of imidazole rings is 1. The Bertz CT molecular complexity index is 740. The summed E-state index contributed by atoms with van der Waals surface area (Å²) in [6, 6.07) is 8.87. The second-order valence-electron chi connectivity index (χ2n) is 5.22. The maximum Gasteiger partial charge on any atom is 0.421 e. The molecule has 0 aliphatic rings. The van der Waals surface area contributed by atoms with Crippen LogP contribution in [-0.2, 0) is 7.05 Å². The first-order valence-electron chi connectivity index (χ1n) is 7.17. The van der Waals surface area contributed by atoms with Gasteiger partial charge in [-0.25, -0.2) is 4.57 Å². The molecule has 0 aliphatic carbocycles. The minimum Gasteiger partial charge on any atom is -0.393 e. The van der Waals surface area contributed by atoms with Crippen LogP contribution in [0.25, 0.3) is 17.4 Å². The first-order chi connectivity index (χ1) is 11.1. The Morgan fingerprint density at radius 3 is 2.61 bits per heavy atom. The molecule has 0 saturated carbocycles. The number of halogens is 1. The number of nitrogens with zero attached hydrogens (tertiary/aromatic N) is 4. The average Bonchev–Trinajstić information content (AvgIpc) is 3.17. The lowest BCUT2D eigenvalue weighted by molar-refractivity contribution is -0.659. The summed E-state index contributed by atoms with van der Waals surface area (Å²) in [6.45, 7) is 4.39. The zero-order valence-electron chi connectivity index (χ0n) is 13.6. The monoisotopic (exact) mass is 335 g/mol. The highest BCUT2D eigenvalue weighted by Gasteiger charge is 2.24. The van der Waals surface area contributed by atoms with Crippen LogP contribution in [0.1, 0.15) is 25.3 Å². The van der Waals surface area contributed by atoms with Gasteiger partial charge in [-0.3, -0.25) is 0 Å². The summed E-state index contributed by atoms with van der Waals surface area (Å²) in [5.74, 6) is 1.47. The molecule has 0 N–H and O–H groups in total. The molecule has 0 fully saturated rings. The van der Waals surface area contributed by atoms with Gasteiger partial charge in [0.2, 0.25) is 6.39 Å². The Labute approximate surface area is 139 Å². The Balaban J connectivity index is 0.000000595. The van der Waals surface area contributed by atoms with E-state index >= 15 is 0 Å². The van der Waals surface area contributed by atoms with Gasteiger partial charge in [-0.2, -0.15) is 3.89 Å². The van der Waals surface area contributed by atoms with Gasteiger partial charge in [0, 0.05) is 18.4 Å². The van der Waals surface area contributed by atoms with Gasteiger partial charge in [-0.1, -0.05) is 37.1 Å². The molecule has 0 bridgehead atoms. The number of hydrogen-bond donors (Lipinski definition) is 0. The lowest BCUT2D eigenvalue weighted by Crippen LogP contribution is -2.29. The molecule has 0 atom stereocenters. The molecule has 0 saturated heterocycles. The molecule has 0 amide bonds. The standard InChI is InChI=1S/C15H17N4O.CH3FS/c1-11(2)12-6-4-5-7-13(12)14-18(3)8-9-19(14)15-17-16-10-20-15;1-3-2/h4-11H,1-3H3;1H3/q+1;. The van der Waals surface area contributed by atoms with Gasteiger partial charge < -0.3 is 4.42 Å². The normalized spacial score (nSPS) is 10.5. The number of aromatic nitrogens is 4. The lowest BCUT2D eigenvalue weighted by atomic mass is 9.97. The van der Waals surface area contributed by atoms with Gasteiger partial charge >= 0.3 is 6.01 Å². The molecule has 23 heavy (non-hydrogen) atoms. The van der Waals surface area contributed by atoms with Gasteiger partial charge in [0.15, 0.2) is 0 Å². The van der Waals surface area contributed by atoms with Gasteiger partial charge in [0.05, 0.1) is 12.6 Å². The van der Waals surface area contributed by atoms with Gasteiger partial charge in [-0.05, 0) is 17.5 Å². The van der Waals surface area contributed by atoms with Crippen molar-refractivity contribution < 1.29 is 12.9 Å². The van der Waals surface area contributed by atoms with Crippen LogP contribution < -0.4 is 4.57 Å². The zero-order valence-corrected chi connectivity index (χ0v) is 14.4. The van der Waals surface area contributed by atoms with Crippen molar-refractivity contribution in [3.63, 3.8) is 0 Å².